The number of amides is 1. The van der Waals surface area contributed by atoms with Gasteiger partial charge in [0.05, 0.1) is 5.56 Å². The molecule has 0 aliphatic rings. The number of aromatic nitrogens is 2. The van der Waals surface area contributed by atoms with Gasteiger partial charge < -0.3 is 5.73 Å². The van der Waals surface area contributed by atoms with Crippen LogP contribution in [0.15, 0.2) is 30.6 Å². The summed E-state index contributed by atoms with van der Waals surface area (Å²) in [6.45, 7) is 0. The normalized spacial score (nSPS) is 10.2. The maximum absolute atomic E-state index is 10.8. The lowest BCUT2D eigenvalue weighted by Crippen LogP contribution is -2.11. The smallest absolute Gasteiger partial charge is 0.250 e. The van der Waals surface area contributed by atoms with E-state index >= 15 is 0 Å². The lowest BCUT2D eigenvalue weighted by Gasteiger charge is -1.97. The minimum Gasteiger partial charge on any atom is -0.366 e. The summed E-state index contributed by atoms with van der Waals surface area (Å²) in [5.74, 6) is -0.474. The zero-order valence-corrected chi connectivity index (χ0v) is 6.77. The molecule has 64 valence electrons. The fourth-order valence-electron chi connectivity index (χ4n) is 1.10. The van der Waals surface area contributed by atoms with Gasteiger partial charge in [0.1, 0.15) is 0 Å². The summed E-state index contributed by atoms with van der Waals surface area (Å²) in [7, 11) is 0. The molecule has 4 heteroatoms. The summed E-state index contributed by atoms with van der Waals surface area (Å²) in [6, 6.07) is 5.30. The van der Waals surface area contributed by atoms with Gasteiger partial charge in [-0.05, 0) is 18.2 Å². The summed E-state index contributed by atoms with van der Waals surface area (Å²) in [5, 5.41) is 0.818. The lowest BCUT2D eigenvalue weighted by atomic mass is 10.2. The summed E-state index contributed by atoms with van der Waals surface area (Å²) in [6.07, 6.45) is 3.08. The second-order valence-corrected chi connectivity index (χ2v) is 2.64. The molecule has 0 fully saturated rings. The number of fused-ring (bicyclic) bond motifs is 1. The van der Waals surface area contributed by atoms with Crippen molar-refractivity contribution < 1.29 is 4.79 Å². The molecule has 0 radical (unpaired) electrons. The molecular formula is C9H7N3O. The van der Waals surface area contributed by atoms with Crippen molar-refractivity contribution in [2.24, 2.45) is 5.73 Å². The minimum atomic E-state index is -0.474. The first-order valence-corrected chi connectivity index (χ1v) is 3.78. The number of pyridine rings is 2. The van der Waals surface area contributed by atoms with Crippen LogP contribution in [0.4, 0.5) is 0 Å². The van der Waals surface area contributed by atoms with Crippen molar-refractivity contribution in [3.05, 3.63) is 36.2 Å². The molecule has 0 saturated heterocycles. The van der Waals surface area contributed by atoms with Crippen molar-refractivity contribution in [1.29, 1.82) is 0 Å². The van der Waals surface area contributed by atoms with E-state index in [0.717, 1.165) is 5.39 Å². The van der Waals surface area contributed by atoms with Crippen LogP contribution in [0.2, 0.25) is 0 Å². The predicted octanol–water partition coefficient (Wildman–Crippen LogP) is 0.729. The Morgan fingerprint density at radius 2 is 2.23 bits per heavy atom. The first kappa shape index (κ1) is 7.67. The Balaban J connectivity index is 2.69. The van der Waals surface area contributed by atoms with E-state index < -0.39 is 5.91 Å². The maximum Gasteiger partial charge on any atom is 0.250 e. The molecule has 2 N–H and O–H groups in total. The molecule has 0 unspecified atom stereocenters. The summed E-state index contributed by atoms with van der Waals surface area (Å²) in [4.78, 5) is 18.8. The topological polar surface area (TPSA) is 68.9 Å². The number of hydrogen-bond donors (Lipinski definition) is 1. The van der Waals surface area contributed by atoms with E-state index in [1.165, 1.54) is 6.20 Å². The van der Waals surface area contributed by atoms with Crippen LogP contribution in [-0.4, -0.2) is 15.9 Å². The van der Waals surface area contributed by atoms with Crippen molar-refractivity contribution in [3.63, 3.8) is 0 Å². The zero-order chi connectivity index (χ0) is 9.26. The SMILES string of the molecule is NC(=O)c1cnc2ncccc2c1. The largest absolute Gasteiger partial charge is 0.366 e. The fourth-order valence-corrected chi connectivity index (χ4v) is 1.10. The Morgan fingerprint density at radius 3 is 3.00 bits per heavy atom. The van der Waals surface area contributed by atoms with E-state index in [1.807, 2.05) is 6.07 Å². The summed E-state index contributed by atoms with van der Waals surface area (Å²) in [5.41, 5.74) is 6.13. The van der Waals surface area contributed by atoms with Crippen LogP contribution in [0.3, 0.4) is 0 Å². The third-order valence-electron chi connectivity index (χ3n) is 1.74. The number of carbonyl (C=O) groups excluding carboxylic acids is 1. The third-order valence-corrected chi connectivity index (χ3v) is 1.74. The molecule has 0 aromatic carbocycles. The van der Waals surface area contributed by atoms with Crippen molar-refractivity contribution in [3.8, 4) is 0 Å². The number of primary amides is 1. The minimum absolute atomic E-state index is 0.403. The Bertz CT molecular complexity index is 467. The van der Waals surface area contributed by atoms with Crippen LogP contribution in [0.25, 0.3) is 11.0 Å². The van der Waals surface area contributed by atoms with Gasteiger partial charge in [-0.15, -0.1) is 0 Å². The van der Waals surface area contributed by atoms with E-state index in [-0.39, 0.29) is 0 Å². The van der Waals surface area contributed by atoms with Crippen LogP contribution in [0, 0.1) is 0 Å². The highest BCUT2D eigenvalue weighted by molar-refractivity contribution is 5.95. The summed E-state index contributed by atoms with van der Waals surface area (Å²) >= 11 is 0. The standard InChI is InChI=1S/C9H7N3O/c10-8(13)7-4-6-2-1-3-11-9(6)12-5-7/h1-5H,(H2,10,13). The highest BCUT2D eigenvalue weighted by atomic mass is 16.1. The monoisotopic (exact) mass is 173 g/mol. The Morgan fingerprint density at radius 1 is 1.38 bits per heavy atom. The molecule has 2 heterocycles. The Labute approximate surface area is 74.4 Å². The third kappa shape index (κ3) is 1.33. The molecule has 4 nitrogen and oxygen atoms in total. The number of hydrogen-bond acceptors (Lipinski definition) is 3. The molecule has 0 aliphatic heterocycles. The average Bonchev–Trinajstić information content (AvgIpc) is 2.17. The molecule has 2 aromatic rings. The molecule has 0 atom stereocenters. The van der Waals surface area contributed by atoms with Crippen LogP contribution < -0.4 is 5.73 Å². The second kappa shape index (κ2) is 2.82. The van der Waals surface area contributed by atoms with Gasteiger partial charge in [-0.2, -0.15) is 0 Å². The van der Waals surface area contributed by atoms with Crippen molar-refractivity contribution in [1.82, 2.24) is 9.97 Å². The molecule has 0 spiro atoms. The first-order valence-electron chi connectivity index (χ1n) is 3.78. The van der Waals surface area contributed by atoms with Crippen molar-refractivity contribution in [2.45, 2.75) is 0 Å². The van der Waals surface area contributed by atoms with Crippen molar-refractivity contribution in [2.75, 3.05) is 0 Å². The van der Waals surface area contributed by atoms with Crippen LogP contribution in [0.1, 0.15) is 10.4 Å². The summed E-state index contributed by atoms with van der Waals surface area (Å²) < 4.78 is 0. The van der Waals surface area contributed by atoms with E-state index in [1.54, 1.807) is 18.3 Å². The number of rotatable bonds is 1. The van der Waals surface area contributed by atoms with Crippen LogP contribution in [-0.2, 0) is 0 Å². The molecule has 1 amide bonds. The quantitative estimate of drug-likeness (QED) is 0.691. The molecular weight excluding hydrogens is 166 g/mol. The van der Waals surface area contributed by atoms with E-state index in [2.05, 4.69) is 9.97 Å². The predicted molar refractivity (Wildman–Crippen MR) is 48.1 cm³/mol. The van der Waals surface area contributed by atoms with E-state index in [9.17, 15) is 4.79 Å². The van der Waals surface area contributed by atoms with Gasteiger partial charge in [-0.25, -0.2) is 9.97 Å². The highest BCUT2D eigenvalue weighted by Gasteiger charge is 2.01. The molecule has 2 rings (SSSR count). The van der Waals surface area contributed by atoms with Gasteiger partial charge in [-0.1, -0.05) is 0 Å². The van der Waals surface area contributed by atoms with Gasteiger partial charge in [0, 0.05) is 17.8 Å². The van der Waals surface area contributed by atoms with Gasteiger partial charge in [0.2, 0.25) is 5.91 Å². The van der Waals surface area contributed by atoms with Gasteiger partial charge in [0.25, 0.3) is 0 Å². The Hall–Kier alpha value is -1.97. The van der Waals surface area contributed by atoms with Crippen LogP contribution >= 0.6 is 0 Å². The van der Waals surface area contributed by atoms with Gasteiger partial charge in [-0.3, -0.25) is 4.79 Å². The average molecular weight is 173 g/mol. The first-order chi connectivity index (χ1) is 6.27. The number of carbonyl (C=O) groups is 1. The van der Waals surface area contributed by atoms with E-state index in [0.29, 0.717) is 11.2 Å². The molecule has 0 bridgehead atoms. The number of nitrogens with zero attached hydrogens (tertiary/aromatic N) is 2. The van der Waals surface area contributed by atoms with Crippen molar-refractivity contribution >= 4 is 16.9 Å². The van der Waals surface area contributed by atoms with Gasteiger partial charge >= 0.3 is 0 Å². The molecule has 0 aliphatic carbocycles. The molecule has 13 heavy (non-hydrogen) atoms. The Kier molecular flexibility index (Phi) is 1.66. The number of nitrogens with two attached hydrogens (primary N) is 1. The highest BCUT2D eigenvalue weighted by Crippen LogP contribution is 2.09. The molecule has 0 saturated carbocycles. The van der Waals surface area contributed by atoms with Gasteiger partial charge in [0.15, 0.2) is 5.65 Å². The maximum atomic E-state index is 10.8. The fraction of sp³-hybridized carbons (Fsp3) is 0. The lowest BCUT2D eigenvalue weighted by molar-refractivity contribution is 0.1000. The molecule has 2 aromatic heterocycles. The van der Waals surface area contributed by atoms with Crippen LogP contribution in [0.5, 0.6) is 0 Å². The second-order valence-electron chi connectivity index (χ2n) is 2.64. The van der Waals surface area contributed by atoms with E-state index in [4.69, 9.17) is 5.73 Å². The zero-order valence-electron chi connectivity index (χ0n) is 6.77.